The number of carbonyl (C=O) groups excluding carboxylic acids is 3. The normalized spacial score (nSPS) is 10.2. The molecule has 34 heavy (non-hydrogen) atoms. The lowest BCUT2D eigenvalue weighted by Gasteiger charge is -2.12. The minimum Gasteiger partial charge on any atom is -0.493 e. The molecule has 0 saturated carbocycles. The van der Waals surface area contributed by atoms with Crippen LogP contribution < -0.4 is 20.1 Å². The van der Waals surface area contributed by atoms with E-state index in [1.807, 2.05) is 12.1 Å². The topological polar surface area (TPSA) is 103 Å². The maximum Gasteiger partial charge on any atom is 0.338 e. The smallest absolute Gasteiger partial charge is 0.338 e. The van der Waals surface area contributed by atoms with Crippen molar-refractivity contribution in [3.8, 4) is 11.5 Å². The van der Waals surface area contributed by atoms with Crippen LogP contribution in [0.3, 0.4) is 0 Å². The average molecular weight is 483 g/mol. The second-order valence-electron chi connectivity index (χ2n) is 7.16. The molecule has 0 heterocycles. The van der Waals surface area contributed by atoms with E-state index in [-0.39, 0.29) is 11.5 Å². The van der Waals surface area contributed by atoms with Gasteiger partial charge in [-0.25, -0.2) is 4.79 Å². The Labute approximate surface area is 201 Å². The van der Waals surface area contributed by atoms with E-state index in [2.05, 4.69) is 10.6 Å². The molecule has 0 atom stereocenters. The van der Waals surface area contributed by atoms with Crippen molar-refractivity contribution in [3.63, 3.8) is 0 Å². The molecule has 176 valence electrons. The lowest BCUT2D eigenvalue weighted by atomic mass is 10.2. The molecule has 8 nitrogen and oxygen atoms in total. The summed E-state index contributed by atoms with van der Waals surface area (Å²) >= 11 is 5.89. The first kappa shape index (κ1) is 24.6. The van der Waals surface area contributed by atoms with E-state index >= 15 is 0 Å². The molecule has 0 aliphatic heterocycles. The largest absolute Gasteiger partial charge is 0.493 e. The number of methoxy groups -OCH3 is 1. The van der Waals surface area contributed by atoms with E-state index in [0.29, 0.717) is 34.5 Å². The van der Waals surface area contributed by atoms with Gasteiger partial charge in [-0.05, 0) is 60.2 Å². The number of anilines is 2. The minimum absolute atomic E-state index is 0.193. The van der Waals surface area contributed by atoms with E-state index in [1.165, 1.54) is 26.2 Å². The molecule has 3 aromatic rings. The molecule has 0 aliphatic carbocycles. The van der Waals surface area contributed by atoms with Gasteiger partial charge >= 0.3 is 5.97 Å². The molecule has 2 amide bonds. The molecule has 0 spiro atoms. The van der Waals surface area contributed by atoms with Crippen molar-refractivity contribution in [2.75, 3.05) is 24.4 Å². The first-order chi connectivity index (χ1) is 16.3. The van der Waals surface area contributed by atoms with E-state index in [9.17, 15) is 14.4 Å². The standard InChI is InChI=1S/C25H23ClN2O6/c1-16(29)27-20-8-10-21(11-9-20)28-24(30)15-34-25(31)18-5-12-22(23(13-18)32-2)33-14-17-3-6-19(26)7-4-17/h3-13H,14-15H2,1-2H3,(H,27,29)(H,28,30). The van der Waals surface area contributed by atoms with Crippen LogP contribution in [0.4, 0.5) is 11.4 Å². The Morgan fingerprint density at radius 1 is 0.853 bits per heavy atom. The van der Waals surface area contributed by atoms with Gasteiger partial charge in [0.15, 0.2) is 18.1 Å². The van der Waals surface area contributed by atoms with Gasteiger partial charge < -0.3 is 24.8 Å². The monoisotopic (exact) mass is 482 g/mol. The van der Waals surface area contributed by atoms with Crippen LogP contribution in [0.5, 0.6) is 11.5 Å². The summed E-state index contributed by atoms with van der Waals surface area (Å²) in [5, 5.41) is 5.88. The van der Waals surface area contributed by atoms with Crippen molar-refractivity contribution >= 4 is 40.8 Å². The summed E-state index contributed by atoms with van der Waals surface area (Å²) in [7, 11) is 1.46. The number of benzene rings is 3. The third kappa shape index (κ3) is 7.25. The van der Waals surface area contributed by atoms with Crippen molar-refractivity contribution < 1.29 is 28.6 Å². The highest BCUT2D eigenvalue weighted by Gasteiger charge is 2.14. The van der Waals surface area contributed by atoms with Gasteiger partial charge in [0.25, 0.3) is 5.91 Å². The molecule has 0 bridgehead atoms. The number of ether oxygens (including phenoxy) is 3. The molecule has 0 radical (unpaired) electrons. The molecular weight excluding hydrogens is 460 g/mol. The Balaban J connectivity index is 1.53. The Kier molecular flexibility index (Phi) is 8.48. The third-order valence-electron chi connectivity index (χ3n) is 4.53. The second-order valence-corrected chi connectivity index (χ2v) is 7.60. The minimum atomic E-state index is -0.682. The molecule has 2 N–H and O–H groups in total. The van der Waals surface area contributed by atoms with Crippen LogP contribution in [-0.2, 0) is 20.9 Å². The summed E-state index contributed by atoms with van der Waals surface area (Å²) in [5.41, 5.74) is 2.24. The van der Waals surface area contributed by atoms with Gasteiger partial charge in [0.05, 0.1) is 12.7 Å². The van der Waals surface area contributed by atoms with Crippen LogP contribution in [0.1, 0.15) is 22.8 Å². The van der Waals surface area contributed by atoms with Gasteiger partial charge in [0.2, 0.25) is 5.91 Å². The number of hydrogen-bond acceptors (Lipinski definition) is 6. The summed E-state index contributed by atoms with van der Waals surface area (Å²) in [6, 6.07) is 18.4. The number of rotatable bonds is 9. The number of halogens is 1. The van der Waals surface area contributed by atoms with Crippen LogP contribution in [0.25, 0.3) is 0 Å². The summed E-state index contributed by atoms with van der Waals surface area (Å²) < 4.78 is 16.2. The van der Waals surface area contributed by atoms with E-state index in [4.69, 9.17) is 25.8 Å². The van der Waals surface area contributed by atoms with Crippen molar-refractivity contribution in [3.05, 3.63) is 82.9 Å². The Bertz CT molecular complexity index is 1160. The van der Waals surface area contributed by atoms with Crippen molar-refractivity contribution in [2.45, 2.75) is 13.5 Å². The summed E-state index contributed by atoms with van der Waals surface area (Å²) in [4.78, 5) is 35.6. The van der Waals surface area contributed by atoms with Crippen LogP contribution in [-0.4, -0.2) is 31.5 Å². The maximum atomic E-state index is 12.4. The van der Waals surface area contributed by atoms with Gasteiger partial charge in [0, 0.05) is 23.3 Å². The van der Waals surface area contributed by atoms with Crippen LogP contribution in [0, 0.1) is 0 Å². The average Bonchev–Trinajstić information content (AvgIpc) is 2.83. The van der Waals surface area contributed by atoms with E-state index < -0.39 is 18.5 Å². The molecule has 0 saturated heterocycles. The number of carbonyl (C=O) groups is 3. The maximum absolute atomic E-state index is 12.4. The zero-order chi connectivity index (χ0) is 24.5. The quantitative estimate of drug-likeness (QED) is 0.429. The van der Waals surface area contributed by atoms with E-state index in [1.54, 1.807) is 42.5 Å². The van der Waals surface area contributed by atoms with Crippen LogP contribution in [0.15, 0.2) is 66.7 Å². The second kappa shape index (κ2) is 11.7. The van der Waals surface area contributed by atoms with Crippen molar-refractivity contribution in [2.24, 2.45) is 0 Å². The van der Waals surface area contributed by atoms with E-state index in [0.717, 1.165) is 5.56 Å². The number of hydrogen-bond donors (Lipinski definition) is 2. The summed E-state index contributed by atoms with van der Waals surface area (Å²) in [5.74, 6) is -0.572. The zero-order valence-electron chi connectivity index (χ0n) is 18.6. The lowest BCUT2D eigenvalue weighted by Crippen LogP contribution is -2.21. The molecule has 9 heteroatoms. The number of esters is 1. The molecule has 0 fully saturated rings. The summed E-state index contributed by atoms with van der Waals surface area (Å²) in [6.07, 6.45) is 0. The first-order valence-corrected chi connectivity index (χ1v) is 10.6. The molecule has 0 unspecified atom stereocenters. The van der Waals surface area contributed by atoms with Gasteiger partial charge in [-0.3, -0.25) is 9.59 Å². The van der Waals surface area contributed by atoms with Crippen LogP contribution >= 0.6 is 11.6 Å². The van der Waals surface area contributed by atoms with Gasteiger partial charge in [-0.15, -0.1) is 0 Å². The van der Waals surface area contributed by atoms with Crippen molar-refractivity contribution in [1.82, 2.24) is 0 Å². The molecule has 0 aliphatic rings. The summed E-state index contributed by atoms with van der Waals surface area (Å²) in [6.45, 7) is 1.23. The lowest BCUT2D eigenvalue weighted by molar-refractivity contribution is -0.119. The zero-order valence-corrected chi connectivity index (χ0v) is 19.3. The van der Waals surface area contributed by atoms with Crippen molar-refractivity contribution in [1.29, 1.82) is 0 Å². The van der Waals surface area contributed by atoms with Gasteiger partial charge in [0.1, 0.15) is 6.61 Å². The fourth-order valence-electron chi connectivity index (χ4n) is 2.91. The molecule has 3 aromatic carbocycles. The SMILES string of the molecule is COc1cc(C(=O)OCC(=O)Nc2ccc(NC(C)=O)cc2)ccc1OCc1ccc(Cl)cc1. The molecule has 0 aromatic heterocycles. The Hall–Kier alpha value is -4.04. The van der Waals surface area contributed by atoms with Gasteiger partial charge in [-0.2, -0.15) is 0 Å². The predicted molar refractivity (Wildman–Crippen MR) is 128 cm³/mol. The van der Waals surface area contributed by atoms with Crippen LogP contribution in [0.2, 0.25) is 5.02 Å². The fourth-order valence-corrected chi connectivity index (χ4v) is 3.03. The highest BCUT2D eigenvalue weighted by molar-refractivity contribution is 6.30. The Morgan fingerprint density at radius 3 is 2.12 bits per heavy atom. The number of nitrogens with one attached hydrogen (secondary N) is 2. The highest BCUT2D eigenvalue weighted by atomic mass is 35.5. The van der Waals surface area contributed by atoms with Gasteiger partial charge in [-0.1, -0.05) is 23.7 Å². The highest BCUT2D eigenvalue weighted by Crippen LogP contribution is 2.29. The third-order valence-corrected chi connectivity index (χ3v) is 4.78. The molecule has 3 rings (SSSR count). The first-order valence-electron chi connectivity index (χ1n) is 10.2. The Morgan fingerprint density at radius 2 is 1.50 bits per heavy atom. The predicted octanol–water partition coefficient (Wildman–Crippen LogP) is 4.68. The molecular formula is C25H23ClN2O6. The fraction of sp³-hybridized carbons (Fsp3) is 0.160. The number of amides is 2.